The molecule has 2 aromatic heterocycles. The van der Waals surface area contributed by atoms with Crippen molar-refractivity contribution in [1.82, 2.24) is 25.1 Å². The number of benzene rings is 2. The summed E-state index contributed by atoms with van der Waals surface area (Å²) in [4.78, 5) is 27.7. The van der Waals surface area contributed by atoms with E-state index in [-0.39, 0.29) is 22.8 Å². The zero-order valence-electron chi connectivity index (χ0n) is 15.1. The number of halogens is 1. The average Bonchev–Trinajstić information content (AvgIpc) is 3.13. The van der Waals surface area contributed by atoms with Crippen LogP contribution in [0.5, 0.6) is 0 Å². The van der Waals surface area contributed by atoms with E-state index in [1.54, 1.807) is 0 Å². The lowest BCUT2D eigenvalue weighted by atomic mass is 10.1. The van der Waals surface area contributed by atoms with Crippen molar-refractivity contribution >= 4 is 22.5 Å². The Morgan fingerprint density at radius 2 is 2.04 bits per heavy atom. The molecule has 8 heteroatoms. The van der Waals surface area contributed by atoms with Crippen LogP contribution in [0.2, 0.25) is 0 Å². The summed E-state index contributed by atoms with van der Waals surface area (Å²) < 4.78 is 14.7. The van der Waals surface area contributed by atoms with Crippen LogP contribution in [-0.2, 0) is 6.42 Å². The van der Waals surface area contributed by atoms with E-state index in [1.165, 1.54) is 28.3 Å². The molecule has 0 saturated carbocycles. The van der Waals surface area contributed by atoms with Gasteiger partial charge in [0.15, 0.2) is 11.2 Å². The summed E-state index contributed by atoms with van der Waals surface area (Å²) in [5, 5.41) is 10.7. The molecule has 0 bridgehead atoms. The molecule has 1 unspecified atom stereocenters. The predicted octanol–water partition coefficient (Wildman–Crippen LogP) is 2.46. The highest BCUT2D eigenvalue weighted by atomic mass is 19.1. The van der Waals surface area contributed by atoms with Gasteiger partial charge in [0.05, 0.1) is 11.0 Å². The Morgan fingerprint density at radius 3 is 2.82 bits per heavy atom. The van der Waals surface area contributed by atoms with Gasteiger partial charge in [-0.2, -0.15) is 0 Å². The van der Waals surface area contributed by atoms with E-state index < -0.39 is 17.3 Å². The largest absolute Gasteiger partial charge is 0.348 e. The lowest BCUT2D eigenvalue weighted by Gasteiger charge is -2.13. The number of nitrogens with zero attached hydrogens (tertiary/aromatic N) is 3. The molecule has 0 fully saturated rings. The van der Waals surface area contributed by atoms with Crippen molar-refractivity contribution in [1.29, 1.82) is 0 Å². The highest BCUT2D eigenvalue weighted by Gasteiger charge is 2.21. The molecule has 0 saturated heterocycles. The SMILES string of the molecule is CC(CCc1ccccc1)NC(=O)c1nnn2c1c(=O)[nH]c1cc(F)ccc12. The van der Waals surface area contributed by atoms with Gasteiger partial charge in [0.2, 0.25) is 0 Å². The van der Waals surface area contributed by atoms with Crippen molar-refractivity contribution in [3.8, 4) is 0 Å². The predicted molar refractivity (Wildman–Crippen MR) is 103 cm³/mol. The fourth-order valence-electron chi connectivity index (χ4n) is 3.17. The van der Waals surface area contributed by atoms with Gasteiger partial charge in [0, 0.05) is 6.04 Å². The second kappa shape index (κ2) is 7.22. The number of carbonyl (C=O) groups is 1. The van der Waals surface area contributed by atoms with E-state index in [1.807, 2.05) is 37.3 Å². The number of hydrogen-bond donors (Lipinski definition) is 2. The standard InChI is InChI=1S/C20H18FN5O2/c1-12(7-8-13-5-3-2-4-6-13)22-19(27)17-18-20(28)23-15-11-14(21)9-10-16(15)26(18)25-24-17/h2-6,9-12H,7-8H2,1H3,(H,22,27)(H,23,28). The van der Waals surface area contributed by atoms with Gasteiger partial charge >= 0.3 is 0 Å². The van der Waals surface area contributed by atoms with Crippen LogP contribution in [0, 0.1) is 5.82 Å². The van der Waals surface area contributed by atoms with E-state index in [0.717, 1.165) is 12.8 Å². The van der Waals surface area contributed by atoms with E-state index in [9.17, 15) is 14.0 Å². The molecule has 7 nitrogen and oxygen atoms in total. The first-order chi connectivity index (χ1) is 13.5. The summed E-state index contributed by atoms with van der Waals surface area (Å²) >= 11 is 0. The summed E-state index contributed by atoms with van der Waals surface area (Å²) in [6.07, 6.45) is 1.56. The molecule has 2 aromatic carbocycles. The smallest absolute Gasteiger partial charge is 0.277 e. The maximum Gasteiger partial charge on any atom is 0.277 e. The van der Waals surface area contributed by atoms with Gasteiger partial charge in [0.25, 0.3) is 11.5 Å². The Balaban J connectivity index is 1.57. The molecule has 4 aromatic rings. The molecule has 142 valence electrons. The number of rotatable bonds is 5. The Morgan fingerprint density at radius 1 is 1.25 bits per heavy atom. The van der Waals surface area contributed by atoms with Gasteiger partial charge < -0.3 is 10.3 Å². The molecule has 4 rings (SSSR count). The number of aromatic amines is 1. The van der Waals surface area contributed by atoms with Crippen LogP contribution in [-0.4, -0.2) is 31.8 Å². The van der Waals surface area contributed by atoms with Gasteiger partial charge in [-0.1, -0.05) is 35.5 Å². The van der Waals surface area contributed by atoms with Gasteiger partial charge in [-0.15, -0.1) is 5.10 Å². The summed E-state index contributed by atoms with van der Waals surface area (Å²) in [7, 11) is 0. The first kappa shape index (κ1) is 17.8. The number of amides is 1. The van der Waals surface area contributed by atoms with E-state index in [0.29, 0.717) is 5.52 Å². The number of H-pyrrole nitrogens is 1. The zero-order valence-corrected chi connectivity index (χ0v) is 15.1. The van der Waals surface area contributed by atoms with Gasteiger partial charge in [-0.3, -0.25) is 9.59 Å². The number of fused-ring (bicyclic) bond motifs is 3. The van der Waals surface area contributed by atoms with Gasteiger partial charge in [-0.05, 0) is 43.5 Å². The van der Waals surface area contributed by atoms with Crippen LogP contribution >= 0.6 is 0 Å². The van der Waals surface area contributed by atoms with E-state index in [4.69, 9.17) is 0 Å². The summed E-state index contributed by atoms with van der Waals surface area (Å²) in [6, 6.07) is 13.8. The maximum absolute atomic E-state index is 13.4. The Bertz CT molecular complexity index is 1220. The highest BCUT2D eigenvalue weighted by Crippen LogP contribution is 2.14. The molecule has 0 radical (unpaired) electrons. The van der Waals surface area contributed by atoms with Crippen molar-refractivity contribution in [2.75, 3.05) is 0 Å². The molecular weight excluding hydrogens is 361 g/mol. The number of carbonyl (C=O) groups excluding carboxylic acids is 1. The molecule has 1 atom stereocenters. The van der Waals surface area contributed by atoms with Crippen molar-refractivity contribution in [3.63, 3.8) is 0 Å². The molecule has 28 heavy (non-hydrogen) atoms. The lowest BCUT2D eigenvalue weighted by Crippen LogP contribution is -2.33. The summed E-state index contributed by atoms with van der Waals surface area (Å²) in [6.45, 7) is 1.90. The summed E-state index contributed by atoms with van der Waals surface area (Å²) in [5.41, 5.74) is 1.36. The van der Waals surface area contributed by atoms with Crippen LogP contribution in [0.15, 0.2) is 53.3 Å². The minimum absolute atomic E-state index is 0.0341. The topological polar surface area (TPSA) is 92.2 Å². The first-order valence-electron chi connectivity index (χ1n) is 8.94. The molecule has 0 aliphatic carbocycles. The molecule has 0 aliphatic heterocycles. The highest BCUT2D eigenvalue weighted by molar-refractivity contribution is 5.99. The third kappa shape index (κ3) is 3.36. The third-order valence-electron chi connectivity index (χ3n) is 4.62. The van der Waals surface area contributed by atoms with Crippen LogP contribution in [0.25, 0.3) is 16.6 Å². The quantitative estimate of drug-likeness (QED) is 0.557. The normalized spacial score (nSPS) is 12.4. The summed E-state index contributed by atoms with van der Waals surface area (Å²) in [5.74, 6) is -0.949. The van der Waals surface area contributed by atoms with E-state index in [2.05, 4.69) is 20.6 Å². The number of nitrogens with one attached hydrogen (secondary N) is 2. The Hall–Kier alpha value is -3.55. The average molecular weight is 379 g/mol. The van der Waals surface area contributed by atoms with Crippen molar-refractivity contribution in [3.05, 3.63) is 76.0 Å². The monoisotopic (exact) mass is 379 g/mol. The number of aromatic nitrogens is 4. The van der Waals surface area contributed by atoms with Gasteiger partial charge in [-0.25, -0.2) is 8.91 Å². The number of hydrogen-bond acceptors (Lipinski definition) is 4. The van der Waals surface area contributed by atoms with Crippen molar-refractivity contribution in [2.24, 2.45) is 0 Å². The molecular formula is C20H18FN5O2. The van der Waals surface area contributed by atoms with Crippen molar-refractivity contribution in [2.45, 2.75) is 25.8 Å². The lowest BCUT2D eigenvalue weighted by molar-refractivity contribution is 0.0935. The molecule has 0 spiro atoms. The molecule has 2 N–H and O–H groups in total. The number of aryl methyl sites for hydroxylation is 1. The maximum atomic E-state index is 13.4. The zero-order chi connectivity index (χ0) is 19.7. The minimum Gasteiger partial charge on any atom is -0.348 e. The molecule has 2 heterocycles. The van der Waals surface area contributed by atoms with Crippen LogP contribution < -0.4 is 10.9 Å². The second-order valence-electron chi connectivity index (χ2n) is 6.71. The third-order valence-corrected chi connectivity index (χ3v) is 4.62. The van der Waals surface area contributed by atoms with Gasteiger partial charge in [0.1, 0.15) is 5.82 Å². The van der Waals surface area contributed by atoms with Crippen molar-refractivity contribution < 1.29 is 9.18 Å². The Labute approximate surface area is 159 Å². The molecule has 1 amide bonds. The Kier molecular flexibility index (Phi) is 4.60. The fraction of sp³-hybridized carbons (Fsp3) is 0.200. The second-order valence-corrected chi connectivity index (χ2v) is 6.71. The van der Waals surface area contributed by atoms with E-state index >= 15 is 0 Å². The minimum atomic E-state index is -0.551. The fourth-order valence-corrected chi connectivity index (χ4v) is 3.17. The van der Waals surface area contributed by atoms with Crippen LogP contribution in [0.3, 0.4) is 0 Å². The van der Waals surface area contributed by atoms with Crippen LogP contribution in [0.4, 0.5) is 4.39 Å². The first-order valence-corrected chi connectivity index (χ1v) is 8.94. The molecule has 0 aliphatic rings. The van der Waals surface area contributed by atoms with Crippen LogP contribution in [0.1, 0.15) is 29.4 Å².